The van der Waals surface area contributed by atoms with Crippen LogP contribution in [0.2, 0.25) is 0 Å². The maximum atomic E-state index is 10.6. The van der Waals surface area contributed by atoms with Crippen LogP contribution in [0.3, 0.4) is 0 Å². The molecule has 0 saturated heterocycles. The van der Waals surface area contributed by atoms with E-state index in [1.807, 2.05) is 24.9 Å². The van der Waals surface area contributed by atoms with Crippen LogP contribution >= 0.6 is 0 Å². The fourth-order valence-electron chi connectivity index (χ4n) is 1.26. The minimum Gasteiger partial charge on any atom is -0.375 e. The molecule has 1 aromatic carbocycles. The van der Waals surface area contributed by atoms with E-state index in [-0.39, 0.29) is 10.6 Å². The Kier molecular flexibility index (Phi) is 3.06. The minimum absolute atomic E-state index is 0.179. The molecule has 0 saturated carbocycles. The molecule has 14 heavy (non-hydrogen) atoms. The summed E-state index contributed by atoms with van der Waals surface area (Å²) in [5, 5.41) is 10.6. The summed E-state index contributed by atoms with van der Waals surface area (Å²) in [6, 6.07) is 5.16. The van der Waals surface area contributed by atoms with Crippen molar-refractivity contribution in [3.05, 3.63) is 33.9 Å². The molecule has 4 nitrogen and oxygen atoms in total. The van der Waals surface area contributed by atoms with E-state index in [4.69, 9.17) is 0 Å². The van der Waals surface area contributed by atoms with E-state index >= 15 is 0 Å². The Bertz CT molecular complexity index is 350. The van der Waals surface area contributed by atoms with Gasteiger partial charge in [-0.2, -0.15) is 0 Å². The van der Waals surface area contributed by atoms with E-state index in [1.165, 1.54) is 0 Å². The molecule has 0 atom stereocenters. The zero-order valence-corrected chi connectivity index (χ0v) is 8.65. The topological polar surface area (TPSA) is 46.4 Å². The van der Waals surface area contributed by atoms with Crippen LogP contribution in [-0.2, 0) is 0 Å². The summed E-state index contributed by atoms with van der Waals surface area (Å²) in [6.07, 6.45) is 0. The van der Waals surface area contributed by atoms with Crippen molar-refractivity contribution in [1.29, 1.82) is 0 Å². The Balaban J connectivity index is 3.06. The van der Waals surface area contributed by atoms with Crippen LogP contribution in [0.1, 0.15) is 12.5 Å². The van der Waals surface area contributed by atoms with Crippen molar-refractivity contribution in [2.24, 2.45) is 0 Å². The number of hydrogen-bond donors (Lipinski definition) is 0. The Morgan fingerprint density at radius 3 is 2.57 bits per heavy atom. The van der Waals surface area contributed by atoms with E-state index in [0.717, 1.165) is 12.2 Å². The molecule has 0 fully saturated rings. The Morgan fingerprint density at radius 2 is 2.14 bits per heavy atom. The summed E-state index contributed by atoms with van der Waals surface area (Å²) in [7, 11) is 1.96. The Hall–Kier alpha value is -1.58. The van der Waals surface area contributed by atoms with Crippen LogP contribution in [-0.4, -0.2) is 18.5 Å². The molecular formula is C10H14N2O2. The molecule has 1 aromatic rings. The van der Waals surface area contributed by atoms with Gasteiger partial charge in [-0.25, -0.2) is 0 Å². The number of nitro groups is 1. The monoisotopic (exact) mass is 194 g/mol. The summed E-state index contributed by atoms with van der Waals surface area (Å²) in [5.74, 6) is 0. The molecule has 0 radical (unpaired) electrons. The highest BCUT2D eigenvalue weighted by Gasteiger charge is 2.10. The average molecular weight is 194 g/mol. The number of aryl methyl sites for hydroxylation is 1. The summed E-state index contributed by atoms with van der Waals surface area (Å²) in [4.78, 5) is 12.2. The molecule has 0 aliphatic heterocycles. The van der Waals surface area contributed by atoms with Gasteiger partial charge in [0.15, 0.2) is 0 Å². The highest BCUT2D eigenvalue weighted by atomic mass is 16.6. The van der Waals surface area contributed by atoms with Crippen LogP contribution in [0, 0.1) is 17.0 Å². The van der Waals surface area contributed by atoms with Crippen molar-refractivity contribution >= 4 is 11.4 Å². The molecule has 0 spiro atoms. The van der Waals surface area contributed by atoms with Gasteiger partial charge in [-0.1, -0.05) is 0 Å². The SMILES string of the molecule is CCN(C)c1ccc([N+](=O)[O-])c(C)c1. The lowest BCUT2D eigenvalue weighted by molar-refractivity contribution is -0.385. The summed E-state index contributed by atoms with van der Waals surface area (Å²) < 4.78 is 0. The van der Waals surface area contributed by atoms with Gasteiger partial charge in [-0.15, -0.1) is 0 Å². The fourth-order valence-corrected chi connectivity index (χ4v) is 1.26. The molecular weight excluding hydrogens is 180 g/mol. The Morgan fingerprint density at radius 1 is 1.50 bits per heavy atom. The second-order valence-electron chi connectivity index (χ2n) is 3.24. The number of nitro benzene ring substituents is 1. The fraction of sp³-hybridized carbons (Fsp3) is 0.400. The standard InChI is InChI=1S/C10H14N2O2/c1-4-11(3)9-5-6-10(12(13)14)8(2)7-9/h5-7H,4H2,1-3H3. The molecule has 0 heterocycles. The quantitative estimate of drug-likeness (QED) is 0.548. The molecule has 0 aromatic heterocycles. The first-order chi connectivity index (χ1) is 6.56. The van der Waals surface area contributed by atoms with Gasteiger partial charge in [0.05, 0.1) is 4.92 Å². The van der Waals surface area contributed by atoms with Gasteiger partial charge in [-0.05, 0) is 26.0 Å². The van der Waals surface area contributed by atoms with Crippen molar-refractivity contribution in [3.63, 3.8) is 0 Å². The first kappa shape index (κ1) is 10.5. The third-order valence-electron chi connectivity index (χ3n) is 2.29. The molecule has 0 bridgehead atoms. The third-order valence-corrected chi connectivity index (χ3v) is 2.29. The molecule has 0 amide bonds. The summed E-state index contributed by atoms with van der Waals surface area (Å²) in [5.41, 5.74) is 1.89. The highest BCUT2D eigenvalue weighted by Crippen LogP contribution is 2.23. The second kappa shape index (κ2) is 4.09. The van der Waals surface area contributed by atoms with Gasteiger partial charge in [0.1, 0.15) is 0 Å². The normalized spacial score (nSPS) is 9.93. The van der Waals surface area contributed by atoms with Crippen LogP contribution in [0.25, 0.3) is 0 Å². The van der Waals surface area contributed by atoms with Gasteiger partial charge < -0.3 is 4.90 Å². The van der Waals surface area contributed by atoms with Crippen LogP contribution in [0.4, 0.5) is 11.4 Å². The number of nitrogens with zero attached hydrogens (tertiary/aromatic N) is 2. The first-order valence-corrected chi connectivity index (χ1v) is 4.52. The zero-order chi connectivity index (χ0) is 10.7. The predicted molar refractivity (Wildman–Crippen MR) is 56.8 cm³/mol. The van der Waals surface area contributed by atoms with E-state index in [1.54, 1.807) is 19.1 Å². The van der Waals surface area contributed by atoms with Gasteiger partial charge in [0, 0.05) is 30.9 Å². The molecule has 0 N–H and O–H groups in total. The maximum Gasteiger partial charge on any atom is 0.272 e. The van der Waals surface area contributed by atoms with Crippen molar-refractivity contribution in [2.75, 3.05) is 18.5 Å². The first-order valence-electron chi connectivity index (χ1n) is 4.52. The zero-order valence-electron chi connectivity index (χ0n) is 8.65. The van der Waals surface area contributed by atoms with Crippen molar-refractivity contribution in [1.82, 2.24) is 0 Å². The largest absolute Gasteiger partial charge is 0.375 e. The lowest BCUT2D eigenvalue weighted by Crippen LogP contribution is -2.15. The summed E-state index contributed by atoms with van der Waals surface area (Å²) in [6.45, 7) is 4.68. The molecule has 0 aliphatic carbocycles. The number of anilines is 1. The smallest absolute Gasteiger partial charge is 0.272 e. The van der Waals surface area contributed by atoms with E-state index in [2.05, 4.69) is 0 Å². The molecule has 0 aliphatic rings. The predicted octanol–water partition coefficient (Wildman–Crippen LogP) is 2.36. The van der Waals surface area contributed by atoms with Crippen molar-refractivity contribution < 1.29 is 4.92 Å². The van der Waals surface area contributed by atoms with Gasteiger partial charge in [0.25, 0.3) is 5.69 Å². The van der Waals surface area contributed by atoms with Crippen molar-refractivity contribution in [2.45, 2.75) is 13.8 Å². The highest BCUT2D eigenvalue weighted by molar-refractivity contribution is 5.54. The molecule has 1 rings (SSSR count). The van der Waals surface area contributed by atoms with Crippen LogP contribution in [0.5, 0.6) is 0 Å². The molecule has 76 valence electrons. The average Bonchev–Trinajstić information content (AvgIpc) is 2.15. The van der Waals surface area contributed by atoms with Gasteiger partial charge >= 0.3 is 0 Å². The lowest BCUT2D eigenvalue weighted by Gasteiger charge is -2.16. The van der Waals surface area contributed by atoms with E-state index in [9.17, 15) is 10.1 Å². The molecule has 4 heteroatoms. The second-order valence-corrected chi connectivity index (χ2v) is 3.24. The maximum absolute atomic E-state index is 10.6. The Labute approximate surface area is 83.3 Å². The molecule has 0 unspecified atom stereocenters. The summed E-state index contributed by atoms with van der Waals surface area (Å²) >= 11 is 0. The van der Waals surface area contributed by atoms with E-state index in [0.29, 0.717) is 5.56 Å². The van der Waals surface area contributed by atoms with Gasteiger partial charge in [-0.3, -0.25) is 10.1 Å². The van der Waals surface area contributed by atoms with Crippen molar-refractivity contribution in [3.8, 4) is 0 Å². The van der Waals surface area contributed by atoms with E-state index < -0.39 is 0 Å². The minimum atomic E-state index is -0.356. The number of benzene rings is 1. The van der Waals surface area contributed by atoms with Gasteiger partial charge in [0.2, 0.25) is 0 Å². The van der Waals surface area contributed by atoms with Crippen LogP contribution < -0.4 is 4.90 Å². The number of hydrogen-bond acceptors (Lipinski definition) is 3. The lowest BCUT2D eigenvalue weighted by atomic mass is 10.1. The third kappa shape index (κ3) is 2.02. The van der Waals surface area contributed by atoms with Crippen LogP contribution in [0.15, 0.2) is 18.2 Å². The number of rotatable bonds is 3.